The summed E-state index contributed by atoms with van der Waals surface area (Å²) in [6, 6.07) is 2.90. The highest BCUT2D eigenvalue weighted by Crippen LogP contribution is 2.37. The van der Waals surface area contributed by atoms with E-state index in [-0.39, 0.29) is 17.6 Å². The van der Waals surface area contributed by atoms with Crippen LogP contribution in [0.1, 0.15) is 44.8 Å². The average molecular weight is 444 g/mol. The van der Waals surface area contributed by atoms with Gasteiger partial charge in [-0.3, -0.25) is 4.90 Å². The lowest BCUT2D eigenvalue weighted by Crippen LogP contribution is -2.51. The molecule has 5 atom stereocenters. The Morgan fingerprint density at radius 2 is 2.00 bits per heavy atom. The summed E-state index contributed by atoms with van der Waals surface area (Å²) >= 11 is 0. The molecule has 2 N–H and O–H groups in total. The Kier molecular flexibility index (Phi) is 6.20. The predicted molar refractivity (Wildman–Crippen MR) is 110 cm³/mol. The van der Waals surface area contributed by atoms with Gasteiger partial charge >= 0.3 is 0 Å². The van der Waals surface area contributed by atoms with Crippen LogP contribution in [0.5, 0.6) is 0 Å². The molecule has 0 saturated carbocycles. The zero-order valence-electron chi connectivity index (χ0n) is 17.5. The highest BCUT2D eigenvalue weighted by Gasteiger charge is 2.47. The normalized spacial score (nSPS) is 33.7. The van der Waals surface area contributed by atoms with Gasteiger partial charge in [0.1, 0.15) is 17.7 Å². The maximum atomic E-state index is 14.2. The van der Waals surface area contributed by atoms with Crippen molar-refractivity contribution in [3.05, 3.63) is 35.4 Å². The molecule has 168 valence electrons. The van der Waals surface area contributed by atoms with Crippen molar-refractivity contribution in [1.29, 1.82) is 0 Å². The van der Waals surface area contributed by atoms with Crippen LogP contribution in [0.2, 0.25) is 0 Å². The maximum absolute atomic E-state index is 14.2. The van der Waals surface area contributed by atoms with E-state index in [1.807, 2.05) is 0 Å². The van der Waals surface area contributed by atoms with Crippen molar-refractivity contribution in [2.24, 2.45) is 11.7 Å². The number of rotatable bonds is 4. The van der Waals surface area contributed by atoms with Crippen molar-refractivity contribution in [2.75, 3.05) is 26.2 Å². The molecule has 3 aliphatic heterocycles. The Balaban J connectivity index is 1.45. The van der Waals surface area contributed by atoms with Crippen LogP contribution >= 0.6 is 0 Å². The van der Waals surface area contributed by atoms with Gasteiger partial charge in [0.2, 0.25) is 10.0 Å². The molecule has 6 nitrogen and oxygen atoms in total. The fourth-order valence-electron chi connectivity index (χ4n) is 5.21. The molecule has 1 aromatic rings. The summed E-state index contributed by atoms with van der Waals surface area (Å²) in [6.07, 6.45) is 1.81. The molecule has 3 heterocycles. The highest BCUT2D eigenvalue weighted by molar-refractivity contribution is 7.89. The van der Waals surface area contributed by atoms with Crippen molar-refractivity contribution in [2.45, 2.75) is 62.6 Å². The van der Waals surface area contributed by atoms with Gasteiger partial charge in [-0.25, -0.2) is 17.2 Å². The van der Waals surface area contributed by atoms with Crippen molar-refractivity contribution < 1.29 is 21.9 Å². The van der Waals surface area contributed by atoms with Gasteiger partial charge in [0.25, 0.3) is 0 Å². The molecule has 0 spiro atoms. The minimum absolute atomic E-state index is 0.0132. The van der Waals surface area contributed by atoms with Gasteiger partial charge in [-0.05, 0) is 57.2 Å². The molecule has 3 fully saturated rings. The summed E-state index contributed by atoms with van der Waals surface area (Å²) in [7, 11) is -3.30. The van der Waals surface area contributed by atoms with Gasteiger partial charge < -0.3 is 10.5 Å². The van der Waals surface area contributed by atoms with E-state index in [0.717, 1.165) is 37.6 Å². The average Bonchev–Trinajstić information content (AvgIpc) is 3.14. The summed E-state index contributed by atoms with van der Waals surface area (Å²) in [5.74, 6) is -0.724. The molecule has 0 radical (unpaired) electrons. The highest BCUT2D eigenvalue weighted by atomic mass is 32.2. The number of hydrogen-bond donors (Lipinski definition) is 1. The molecular formula is C21H31F2N3O3S. The smallest absolute Gasteiger partial charge is 0.216 e. The van der Waals surface area contributed by atoms with Gasteiger partial charge in [-0.2, -0.15) is 4.31 Å². The predicted octanol–water partition coefficient (Wildman–Crippen LogP) is 2.26. The monoisotopic (exact) mass is 443 g/mol. The quantitative estimate of drug-likeness (QED) is 0.773. The fraction of sp³-hybridized carbons (Fsp3) is 0.714. The maximum Gasteiger partial charge on any atom is 0.216 e. The number of piperidine rings is 1. The van der Waals surface area contributed by atoms with E-state index >= 15 is 0 Å². The molecule has 0 amide bonds. The summed E-state index contributed by atoms with van der Waals surface area (Å²) in [5, 5.41) is -0.432. The number of likely N-dealkylation sites (tertiary alicyclic amines) is 1. The number of fused-ring (bicyclic) bond motifs is 1. The van der Waals surface area contributed by atoms with Crippen LogP contribution in [-0.4, -0.2) is 67.2 Å². The topological polar surface area (TPSA) is 75.9 Å². The van der Waals surface area contributed by atoms with E-state index in [0.29, 0.717) is 32.0 Å². The van der Waals surface area contributed by atoms with Crippen molar-refractivity contribution >= 4 is 10.0 Å². The Hall–Kier alpha value is -1.13. The number of halogens is 2. The van der Waals surface area contributed by atoms with Crippen molar-refractivity contribution in [1.82, 2.24) is 9.21 Å². The molecule has 3 saturated heterocycles. The molecule has 0 aromatic heterocycles. The molecule has 2 unspecified atom stereocenters. The first kappa shape index (κ1) is 22.1. The Morgan fingerprint density at radius 3 is 2.70 bits per heavy atom. The summed E-state index contributed by atoms with van der Waals surface area (Å²) in [5.41, 5.74) is 6.48. The van der Waals surface area contributed by atoms with E-state index in [1.165, 1.54) is 0 Å². The van der Waals surface area contributed by atoms with E-state index in [1.54, 1.807) is 18.2 Å². The van der Waals surface area contributed by atoms with Gasteiger partial charge in [0.15, 0.2) is 0 Å². The zero-order valence-corrected chi connectivity index (χ0v) is 18.3. The van der Waals surface area contributed by atoms with Gasteiger partial charge in [-0.1, -0.05) is 0 Å². The molecular weight excluding hydrogens is 412 g/mol. The van der Waals surface area contributed by atoms with Crippen molar-refractivity contribution in [3.8, 4) is 0 Å². The lowest BCUT2D eigenvalue weighted by atomic mass is 9.93. The first-order valence-electron chi connectivity index (χ1n) is 10.7. The lowest BCUT2D eigenvalue weighted by molar-refractivity contribution is -0.0480. The number of ether oxygens (including phenoxy) is 1. The lowest BCUT2D eigenvalue weighted by Gasteiger charge is -2.39. The third-order valence-electron chi connectivity index (χ3n) is 6.86. The van der Waals surface area contributed by atoms with E-state index in [9.17, 15) is 17.2 Å². The largest absolute Gasteiger partial charge is 0.370 e. The second-order valence-corrected chi connectivity index (χ2v) is 11.5. The molecule has 9 heteroatoms. The van der Waals surface area contributed by atoms with Gasteiger partial charge in [0.05, 0.1) is 11.9 Å². The number of nitrogens with two attached hydrogens (primary N) is 1. The number of sulfonamides is 1. The molecule has 0 bridgehead atoms. The van der Waals surface area contributed by atoms with E-state index in [4.69, 9.17) is 10.5 Å². The first-order valence-corrected chi connectivity index (χ1v) is 12.3. The van der Waals surface area contributed by atoms with Crippen LogP contribution in [0.15, 0.2) is 18.2 Å². The van der Waals surface area contributed by atoms with Crippen LogP contribution in [0.25, 0.3) is 0 Å². The van der Waals surface area contributed by atoms with Crippen LogP contribution in [0.4, 0.5) is 8.78 Å². The summed E-state index contributed by atoms with van der Waals surface area (Å²) in [6.45, 7) is 5.88. The Bertz CT molecular complexity index is 882. The first-order chi connectivity index (χ1) is 14.2. The van der Waals surface area contributed by atoms with Crippen LogP contribution in [0.3, 0.4) is 0 Å². The Labute approximate surface area is 177 Å². The van der Waals surface area contributed by atoms with Crippen LogP contribution in [0, 0.1) is 17.6 Å². The Morgan fingerprint density at radius 1 is 1.23 bits per heavy atom. The van der Waals surface area contributed by atoms with Crippen molar-refractivity contribution in [3.63, 3.8) is 0 Å². The molecule has 30 heavy (non-hydrogen) atoms. The molecule has 1 aromatic carbocycles. The summed E-state index contributed by atoms with van der Waals surface area (Å²) < 4.78 is 61.0. The van der Waals surface area contributed by atoms with E-state index < -0.39 is 39.1 Å². The van der Waals surface area contributed by atoms with Crippen LogP contribution < -0.4 is 5.73 Å². The minimum Gasteiger partial charge on any atom is -0.370 e. The molecule has 4 rings (SSSR count). The van der Waals surface area contributed by atoms with E-state index in [2.05, 4.69) is 4.90 Å². The molecule has 0 aliphatic carbocycles. The fourth-order valence-corrected chi connectivity index (χ4v) is 6.75. The van der Waals surface area contributed by atoms with Gasteiger partial charge in [0, 0.05) is 43.3 Å². The van der Waals surface area contributed by atoms with Crippen LogP contribution in [-0.2, 0) is 14.8 Å². The zero-order chi connectivity index (χ0) is 21.6. The van der Waals surface area contributed by atoms with Gasteiger partial charge in [-0.15, -0.1) is 0 Å². The SMILES string of the molecule is CC(C)S(=O)(=O)N1CCCC2CN([C@H]3CO[C@H](c4cc(F)ccc4F)[C@@H](N)C3)CC21. The number of nitrogens with zero attached hydrogens (tertiary/aromatic N) is 2. The third kappa shape index (κ3) is 4.02. The second kappa shape index (κ2) is 8.43. The summed E-state index contributed by atoms with van der Waals surface area (Å²) in [4.78, 5) is 2.28. The minimum atomic E-state index is -3.30. The number of benzene rings is 1. The number of hydrogen-bond acceptors (Lipinski definition) is 5. The second-order valence-electron chi connectivity index (χ2n) is 9.10. The third-order valence-corrected chi connectivity index (χ3v) is 9.16. The standard InChI is InChI=1S/C21H31F2N3O3S/c1-13(2)30(27,28)26-7-3-4-14-10-25(11-20(14)26)16-9-19(24)21(29-12-16)17-8-15(22)5-6-18(17)23/h5-6,8,13-14,16,19-21H,3-4,7,9-12,24H2,1-2H3/t14?,16-,19+,20?,21-/m1/s1. The molecule has 3 aliphatic rings.